The SMILES string of the molecule is CCN1CCN(Cc2ccc(NC(=O)Nc3ccc(Br)cc3C(F)F)cc2C(F)(F)F)CC1. The van der Waals surface area contributed by atoms with Crippen molar-refractivity contribution in [2.75, 3.05) is 43.4 Å². The third-order valence-electron chi connectivity index (χ3n) is 5.48. The van der Waals surface area contributed by atoms with Gasteiger partial charge in [0.05, 0.1) is 11.3 Å². The summed E-state index contributed by atoms with van der Waals surface area (Å²) < 4.78 is 68.0. The number of nitrogens with one attached hydrogen (secondary N) is 2. The Hall–Kier alpha value is -2.24. The Morgan fingerprint density at radius 3 is 2.30 bits per heavy atom. The third-order valence-corrected chi connectivity index (χ3v) is 5.97. The highest BCUT2D eigenvalue weighted by Crippen LogP contribution is 2.35. The van der Waals surface area contributed by atoms with Crippen LogP contribution in [0.15, 0.2) is 40.9 Å². The molecule has 0 atom stereocenters. The van der Waals surface area contributed by atoms with Crippen molar-refractivity contribution in [1.82, 2.24) is 9.80 Å². The first-order chi connectivity index (χ1) is 15.6. The Morgan fingerprint density at radius 2 is 1.70 bits per heavy atom. The topological polar surface area (TPSA) is 47.6 Å². The van der Waals surface area contributed by atoms with E-state index in [1.165, 1.54) is 24.3 Å². The molecule has 1 fully saturated rings. The van der Waals surface area contributed by atoms with Gasteiger partial charge in [-0.05, 0) is 42.4 Å². The number of nitrogens with zero attached hydrogens (tertiary/aromatic N) is 2. The fourth-order valence-corrected chi connectivity index (χ4v) is 4.05. The van der Waals surface area contributed by atoms with Gasteiger partial charge in [-0.15, -0.1) is 0 Å². The lowest BCUT2D eigenvalue weighted by atomic mass is 10.0. The molecule has 0 aromatic heterocycles. The van der Waals surface area contributed by atoms with Crippen LogP contribution in [0.2, 0.25) is 0 Å². The number of rotatable bonds is 6. The maximum absolute atomic E-state index is 13.7. The lowest BCUT2D eigenvalue weighted by Crippen LogP contribution is -2.45. The number of carbonyl (C=O) groups excluding carboxylic acids is 1. The Labute approximate surface area is 197 Å². The van der Waals surface area contributed by atoms with Crippen LogP contribution in [0.1, 0.15) is 30.0 Å². The number of benzene rings is 2. The average molecular weight is 535 g/mol. The van der Waals surface area contributed by atoms with Crippen LogP contribution in [0, 0.1) is 0 Å². The van der Waals surface area contributed by atoms with E-state index in [0.717, 1.165) is 31.8 Å². The summed E-state index contributed by atoms with van der Waals surface area (Å²) >= 11 is 3.09. The molecule has 0 radical (unpaired) electrons. The number of hydrogen-bond donors (Lipinski definition) is 2. The molecular formula is C22H24BrF5N4O. The number of likely N-dealkylation sites (N-methyl/N-ethyl adjacent to an activating group) is 1. The second kappa shape index (κ2) is 10.8. The van der Waals surface area contributed by atoms with Gasteiger partial charge in [0.2, 0.25) is 0 Å². The summed E-state index contributed by atoms with van der Waals surface area (Å²) in [5, 5.41) is 4.57. The minimum Gasteiger partial charge on any atom is -0.308 e. The Morgan fingerprint density at radius 1 is 1.03 bits per heavy atom. The molecule has 0 aliphatic carbocycles. The molecule has 2 N–H and O–H groups in total. The molecule has 3 rings (SSSR count). The van der Waals surface area contributed by atoms with Crippen LogP contribution in [0.4, 0.5) is 38.1 Å². The van der Waals surface area contributed by atoms with Crippen LogP contribution in [0.5, 0.6) is 0 Å². The number of halogens is 6. The second-order valence-electron chi connectivity index (χ2n) is 7.69. The van der Waals surface area contributed by atoms with E-state index in [1.54, 1.807) is 0 Å². The third kappa shape index (κ3) is 6.87. The van der Waals surface area contributed by atoms with E-state index < -0.39 is 29.8 Å². The Balaban J connectivity index is 1.73. The number of urea groups is 1. The molecule has 0 saturated carbocycles. The minimum absolute atomic E-state index is 0.0879. The molecule has 1 aliphatic rings. The molecule has 180 valence electrons. The van der Waals surface area contributed by atoms with Crippen molar-refractivity contribution >= 4 is 33.3 Å². The number of amides is 2. The number of carbonyl (C=O) groups is 1. The number of piperazine rings is 1. The molecule has 5 nitrogen and oxygen atoms in total. The van der Waals surface area contributed by atoms with Gasteiger partial charge in [0.25, 0.3) is 6.43 Å². The zero-order valence-corrected chi connectivity index (χ0v) is 19.4. The van der Waals surface area contributed by atoms with E-state index in [0.29, 0.717) is 17.6 Å². The molecule has 1 saturated heterocycles. The van der Waals surface area contributed by atoms with Gasteiger partial charge < -0.3 is 15.5 Å². The average Bonchev–Trinajstić information content (AvgIpc) is 2.75. The summed E-state index contributed by atoms with van der Waals surface area (Å²) in [4.78, 5) is 16.5. The first kappa shape index (κ1) is 25.4. The normalized spacial score (nSPS) is 15.6. The monoisotopic (exact) mass is 534 g/mol. The van der Waals surface area contributed by atoms with E-state index in [1.807, 2.05) is 11.8 Å². The zero-order chi connectivity index (χ0) is 24.2. The molecule has 2 aromatic carbocycles. The predicted molar refractivity (Wildman–Crippen MR) is 121 cm³/mol. The summed E-state index contributed by atoms with van der Waals surface area (Å²) in [6.07, 6.45) is -7.45. The van der Waals surface area contributed by atoms with Gasteiger partial charge in [0.15, 0.2) is 0 Å². The second-order valence-corrected chi connectivity index (χ2v) is 8.61. The summed E-state index contributed by atoms with van der Waals surface area (Å²) in [5.74, 6) is 0. The quantitative estimate of drug-likeness (QED) is 0.434. The highest BCUT2D eigenvalue weighted by atomic mass is 79.9. The van der Waals surface area contributed by atoms with Crippen LogP contribution in [0.3, 0.4) is 0 Å². The number of hydrogen-bond acceptors (Lipinski definition) is 3. The molecule has 0 bridgehead atoms. The van der Waals surface area contributed by atoms with Crippen molar-refractivity contribution in [2.24, 2.45) is 0 Å². The molecule has 33 heavy (non-hydrogen) atoms. The largest absolute Gasteiger partial charge is 0.416 e. The van der Waals surface area contributed by atoms with Gasteiger partial charge in [-0.1, -0.05) is 28.9 Å². The maximum Gasteiger partial charge on any atom is 0.416 e. The lowest BCUT2D eigenvalue weighted by Gasteiger charge is -2.34. The highest BCUT2D eigenvalue weighted by molar-refractivity contribution is 9.10. The van der Waals surface area contributed by atoms with Crippen LogP contribution in [0.25, 0.3) is 0 Å². The van der Waals surface area contributed by atoms with Gasteiger partial charge in [0, 0.05) is 48.4 Å². The highest BCUT2D eigenvalue weighted by Gasteiger charge is 2.34. The molecule has 1 heterocycles. The number of alkyl halides is 5. The van der Waals surface area contributed by atoms with Crippen molar-refractivity contribution in [3.05, 3.63) is 57.6 Å². The van der Waals surface area contributed by atoms with E-state index in [2.05, 4.69) is 31.5 Å². The molecule has 2 aromatic rings. The summed E-state index contributed by atoms with van der Waals surface area (Å²) in [6.45, 7) is 6.05. The Kier molecular flexibility index (Phi) is 8.30. The fourth-order valence-electron chi connectivity index (χ4n) is 3.67. The first-order valence-electron chi connectivity index (χ1n) is 10.4. The van der Waals surface area contributed by atoms with Crippen molar-refractivity contribution in [3.63, 3.8) is 0 Å². The van der Waals surface area contributed by atoms with Gasteiger partial charge in [-0.3, -0.25) is 4.90 Å². The molecule has 2 amide bonds. The van der Waals surface area contributed by atoms with E-state index in [4.69, 9.17) is 0 Å². The summed E-state index contributed by atoms with van der Waals surface area (Å²) in [6, 6.07) is 6.59. The molecule has 0 spiro atoms. The standard InChI is InChI=1S/C22H24BrF5N4O/c1-2-31-7-9-32(10-8-31)13-14-3-5-16(12-18(14)22(26,27)28)29-21(33)30-19-6-4-15(23)11-17(19)20(24)25/h3-6,11-12,20H,2,7-10,13H2,1H3,(H2,29,30,33). The van der Waals surface area contributed by atoms with E-state index in [9.17, 15) is 26.7 Å². The summed E-state index contributed by atoms with van der Waals surface area (Å²) in [5.41, 5.74) is -1.35. The minimum atomic E-state index is -4.61. The van der Waals surface area contributed by atoms with Gasteiger partial charge in [0.1, 0.15) is 0 Å². The zero-order valence-electron chi connectivity index (χ0n) is 17.9. The van der Waals surface area contributed by atoms with Crippen LogP contribution in [-0.2, 0) is 12.7 Å². The van der Waals surface area contributed by atoms with Crippen LogP contribution in [-0.4, -0.2) is 48.6 Å². The number of anilines is 2. The Bertz CT molecular complexity index is 978. The van der Waals surface area contributed by atoms with E-state index in [-0.39, 0.29) is 23.5 Å². The molecular weight excluding hydrogens is 511 g/mol. The van der Waals surface area contributed by atoms with Crippen LogP contribution < -0.4 is 10.6 Å². The fraction of sp³-hybridized carbons (Fsp3) is 0.409. The van der Waals surface area contributed by atoms with Crippen molar-refractivity contribution < 1.29 is 26.7 Å². The predicted octanol–water partition coefficient (Wildman–Crippen LogP) is 6.19. The summed E-state index contributed by atoms with van der Waals surface area (Å²) in [7, 11) is 0. The van der Waals surface area contributed by atoms with E-state index >= 15 is 0 Å². The van der Waals surface area contributed by atoms with Crippen molar-refractivity contribution in [3.8, 4) is 0 Å². The van der Waals surface area contributed by atoms with Gasteiger partial charge >= 0.3 is 12.2 Å². The molecule has 1 aliphatic heterocycles. The maximum atomic E-state index is 13.7. The van der Waals surface area contributed by atoms with Gasteiger partial charge in [-0.2, -0.15) is 13.2 Å². The smallest absolute Gasteiger partial charge is 0.308 e. The lowest BCUT2D eigenvalue weighted by molar-refractivity contribution is -0.138. The van der Waals surface area contributed by atoms with Crippen LogP contribution >= 0.6 is 15.9 Å². The first-order valence-corrected chi connectivity index (χ1v) is 11.2. The molecule has 11 heteroatoms. The van der Waals surface area contributed by atoms with Crippen molar-refractivity contribution in [2.45, 2.75) is 26.1 Å². The van der Waals surface area contributed by atoms with Crippen molar-refractivity contribution in [1.29, 1.82) is 0 Å². The van der Waals surface area contributed by atoms with Gasteiger partial charge in [-0.25, -0.2) is 13.6 Å². The molecule has 0 unspecified atom stereocenters.